The van der Waals surface area contributed by atoms with Crippen LogP contribution in [0.5, 0.6) is 0 Å². The highest BCUT2D eigenvalue weighted by molar-refractivity contribution is 7.62. The van der Waals surface area contributed by atoms with E-state index in [1.807, 2.05) is 33.3 Å². The zero-order valence-electron chi connectivity index (χ0n) is 40.7. The molecule has 1 fully saturated rings. The summed E-state index contributed by atoms with van der Waals surface area (Å²) in [4.78, 5) is 54.5. The lowest BCUT2D eigenvalue weighted by molar-refractivity contribution is -0.870. The highest BCUT2D eigenvalue weighted by atomic mass is 31.2. The van der Waals surface area contributed by atoms with Gasteiger partial charge in [0.05, 0.1) is 59.2 Å². The van der Waals surface area contributed by atoms with Crippen LogP contribution < -0.4 is 10.4 Å². The van der Waals surface area contributed by atoms with Crippen molar-refractivity contribution >= 4 is 36.8 Å². The SMILES string of the molecule is C[N+](C)(C)CCOP(=O)(OCCCCCCCCCCCCCCCCCC[O-])c1ccc(CC2CN(CC(=O)O)CCN(CC(=O)O)CCCN(CC(=O)O)CCN(CC(=O)O)C2)cc1. The summed E-state index contributed by atoms with van der Waals surface area (Å²) in [5.41, 5.74) is 0.854. The van der Waals surface area contributed by atoms with Crippen LogP contribution in [0, 0.1) is 5.92 Å². The van der Waals surface area contributed by atoms with Crippen LogP contribution in [0.1, 0.15) is 115 Å². The average Bonchev–Trinajstić information content (AvgIpc) is 3.22. The van der Waals surface area contributed by atoms with E-state index in [9.17, 15) is 49.3 Å². The highest BCUT2D eigenvalue weighted by Crippen LogP contribution is 2.47. The standard InChI is InChI=1S/C48H86N5O12P/c1-53(2,3)31-34-65-66(63,64-33-19-17-15-13-11-9-7-5-4-6-8-10-12-14-16-18-32-54)44-23-21-42(22-24-44)35-43-36-51(40-47(59)60)29-27-49(38-45(55)56)25-20-26-50(39-46(57)58)28-30-52(37-43)41-48(61)62/h21-24,43H,4-20,25-41H2,1-3H3,(H,55,56)(H,57,58)(H,59,60)(H,61,62). The first-order valence-electron chi connectivity index (χ1n) is 24.6. The molecule has 0 saturated carbocycles. The maximum Gasteiger partial charge on any atom is 0.361 e. The molecule has 0 spiro atoms. The van der Waals surface area contributed by atoms with Crippen molar-refractivity contribution < 1.29 is 62.8 Å². The second-order valence-electron chi connectivity index (χ2n) is 19.2. The van der Waals surface area contributed by atoms with Crippen molar-refractivity contribution in [1.29, 1.82) is 0 Å². The van der Waals surface area contributed by atoms with Gasteiger partial charge in [-0.05, 0) is 42.9 Å². The molecular formula is C48H86N5O12P. The summed E-state index contributed by atoms with van der Waals surface area (Å²) < 4.78 is 27.3. The Balaban J connectivity index is 2.11. The van der Waals surface area contributed by atoms with Gasteiger partial charge >= 0.3 is 31.5 Å². The highest BCUT2D eigenvalue weighted by Gasteiger charge is 2.30. The van der Waals surface area contributed by atoms with Crippen LogP contribution in [0.25, 0.3) is 0 Å². The first-order valence-corrected chi connectivity index (χ1v) is 26.2. The maximum atomic E-state index is 14.5. The molecule has 0 aliphatic carbocycles. The van der Waals surface area contributed by atoms with Crippen LogP contribution in [0.4, 0.5) is 0 Å². The third-order valence-electron chi connectivity index (χ3n) is 12.0. The van der Waals surface area contributed by atoms with Crippen molar-refractivity contribution in [2.75, 3.05) is 126 Å². The van der Waals surface area contributed by atoms with Crippen LogP contribution in [0.15, 0.2) is 24.3 Å². The number of hydrogen-bond acceptors (Lipinski definition) is 12. The predicted molar refractivity (Wildman–Crippen MR) is 255 cm³/mol. The summed E-state index contributed by atoms with van der Waals surface area (Å²) in [7, 11) is 2.41. The summed E-state index contributed by atoms with van der Waals surface area (Å²) in [6, 6.07) is 7.21. The number of aliphatic carboxylic acids is 4. The Bertz CT molecular complexity index is 1500. The molecule has 66 heavy (non-hydrogen) atoms. The number of quaternary nitrogens is 1. The lowest BCUT2D eigenvalue weighted by Gasteiger charge is -2.34. The fourth-order valence-electron chi connectivity index (χ4n) is 8.41. The molecule has 17 nitrogen and oxygen atoms in total. The third kappa shape index (κ3) is 29.7. The second kappa shape index (κ2) is 34.3. The molecule has 1 aromatic carbocycles. The maximum absolute atomic E-state index is 14.5. The van der Waals surface area contributed by atoms with Crippen molar-refractivity contribution in [3.63, 3.8) is 0 Å². The molecular weight excluding hydrogens is 870 g/mol. The quantitative estimate of drug-likeness (QED) is 0.0408. The van der Waals surface area contributed by atoms with Gasteiger partial charge in [-0.1, -0.05) is 108 Å². The topological polar surface area (TPSA) is 221 Å². The van der Waals surface area contributed by atoms with Crippen molar-refractivity contribution in [2.45, 2.75) is 116 Å². The van der Waals surface area contributed by atoms with Crippen LogP contribution in [0.2, 0.25) is 0 Å². The lowest BCUT2D eigenvalue weighted by Crippen LogP contribution is -2.47. The van der Waals surface area contributed by atoms with Crippen molar-refractivity contribution in [1.82, 2.24) is 19.6 Å². The van der Waals surface area contributed by atoms with E-state index in [1.54, 1.807) is 31.7 Å². The van der Waals surface area contributed by atoms with Crippen LogP contribution in [-0.2, 0) is 39.2 Å². The van der Waals surface area contributed by atoms with Gasteiger partial charge in [-0.15, -0.1) is 6.61 Å². The monoisotopic (exact) mass is 956 g/mol. The number of benzene rings is 1. The molecule has 0 aromatic heterocycles. The number of unbranched alkanes of at least 4 members (excludes halogenated alkanes) is 15. The van der Waals surface area contributed by atoms with Crippen LogP contribution in [0.3, 0.4) is 0 Å². The average molecular weight is 956 g/mol. The van der Waals surface area contributed by atoms with E-state index in [0.717, 1.165) is 44.1 Å². The van der Waals surface area contributed by atoms with E-state index in [0.29, 0.717) is 48.9 Å². The molecule has 2 rings (SSSR count). The van der Waals surface area contributed by atoms with E-state index < -0.39 is 31.5 Å². The molecule has 1 unspecified atom stereocenters. The molecule has 1 aliphatic rings. The number of carbonyl (C=O) groups is 4. The van der Waals surface area contributed by atoms with Gasteiger partial charge in [0.15, 0.2) is 0 Å². The number of carboxylic acids is 4. The minimum Gasteiger partial charge on any atom is -0.854 e. The molecule has 4 N–H and O–H groups in total. The number of likely N-dealkylation sites (N-methyl/N-ethyl adjacent to an activating group) is 1. The normalized spacial score (nSPS) is 17.0. The van der Waals surface area contributed by atoms with Gasteiger partial charge in [0.2, 0.25) is 0 Å². The smallest absolute Gasteiger partial charge is 0.361 e. The second-order valence-corrected chi connectivity index (χ2v) is 21.3. The number of carboxylic acid groups (broad SMARTS) is 4. The zero-order chi connectivity index (χ0) is 48.6. The van der Waals surface area contributed by atoms with Gasteiger partial charge in [0, 0.05) is 52.4 Å². The molecule has 0 amide bonds. The minimum atomic E-state index is -3.70. The molecule has 1 saturated heterocycles. The van der Waals surface area contributed by atoms with E-state index >= 15 is 0 Å². The molecule has 1 atom stereocenters. The van der Waals surface area contributed by atoms with Crippen LogP contribution >= 0.6 is 7.60 Å². The van der Waals surface area contributed by atoms with E-state index in [-0.39, 0.29) is 84.6 Å². The summed E-state index contributed by atoms with van der Waals surface area (Å²) >= 11 is 0. The van der Waals surface area contributed by atoms with E-state index in [1.165, 1.54) is 64.2 Å². The fourth-order valence-corrected chi connectivity index (χ4v) is 9.99. The van der Waals surface area contributed by atoms with Gasteiger partial charge in [-0.2, -0.15) is 0 Å². The molecule has 1 aromatic rings. The number of nitrogens with zero attached hydrogens (tertiary/aromatic N) is 5. The largest absolute Gasteiger partial charge is 0.854 e. The molecule has 18 heteroatoms. The first kappa shape index (κ1) is 59.1. The van der Waals surface area contributed by atoms with Gasteiger partial charge < -0.3 is 34.5 Å². The van der Waals surface area contributed by atoms with Gasteiger partial charge in [0.25, 0.3) is 0 Å². The summed E-state index contributed by atoms with van der Waals surface area (Å²) in [6.07, 6.45) is 19.4. The van der Waals surface area contributed by atoms with Gasteiger partial charge in [0.1, 0.15) is 13.2 Å². The summed E-state index contributed by atoms with van der Waals surface area (Å²) in [5.74, 6) is -4.40. The van der Waals surface area contributed by atoms with Crippen molar-refractivity contribution in [2.24, 2.45) is 5.92 Å². The van der Waals surface area contributed by atoms with Crippen LogP contribution in [-0.4, -0.2) is 194 Å². The van der Waals surface area contributed by atoms with E-state index in [2.05, 4.69) is 0 Å². The summed E-state index contributed by atoms with van der Waals surface area (Å²) in [6.45, 7) is 2.47. The van der Waals surface area contributed by atoms with Gasteiger partial charge in [-0.3, -0.25) is 47.9 Å². The lowest BCUT2D eigenvalue weighted by atomic mass is 9.97. The number of hydrogen-bond donors (Lipinski definition) is 4. The minimum absolute atomic E-state index is 0.0563. The Morgan fingerprint density at radius 3 is 1.32 bits per heavy atom. The Morgan fingerprint density at radius 2 is 0.924 bits per heavy atom. The molecule has 0 bridgehead atoms. The summed E-state index contributed by atoms with van der Waals surface area (Å²) in [5, 5.41) is 49.9. The molecule has 1 heterocycles. The Hall–Kier alpha value is -2.99. The third-order valence-corrected chi connectivity index (χ3v) is 14.0. The Labute approximate surface area is 395 Å². The Morgan fingerprint density at radius 1 is 0.561 bits per heavy atom. The van der Waals surface area contributed by atoms with Crippen molar-refractivity contribution in [3.8, 4) is 0 Å². The molecule has 1 aliphatic heterocycles. The zero-order valence-corrected chi connectivity index (χ0v) is 41.6. The van der Waals surface area contributed by atoms with Gasteiger partial charge in [-0.25, -0.2) is 0 Å². The van der Waals surface area contributed by atoms with Crippen molar-refractivity contribution in [3.05, 3.63) is 29.8 Å². The molecule has 380 valence electrons. The predicted octanol–water partition coefficient (Wildman–Crippen LogP) is 4.96. The Kier molecular flexibility index (Phi) is 30.7. The molecule has 0 radical (unpaired) electrons. The van der Waals surface area contributed by atoms with E-state index in [4.69, 9.17) is 9.05 Å². The first-order chi connectivity index (χ1) is 31.5. The number of rotatable bonds is 34. The fraction of sp³-hybridized carbons (Fsp3) is 0.792.